The number of hydrogen-bond acceptors (Lipinski definition) is 20. The molecule has 652 valence electrons. The lowest BCUT2D eigenvalue weighted by molar-refractivity contribution is -0.146. The highest BCUT2D eigenvalue weighted by Crippen LogP contribution is 2.53. The SMILES string of the molecule is COc1ccc2c(O[C@@H]3C[C@@H](C(=O)NC4(C(=O)NS(=O)(=O)C5(C6=CCCCC6)CC5)CC4)N(C(=O)[C@@H](NC(=O)OC(C)(C)C)C(C)(C)C)C3)cc(-c3ccccc3)nc2c1.COc1ccc2c(O[C@@H]3C[C@@H](C(=O)NC4(C(=O)O)CC4)N(C(=O)[C@@H](NC(=O)OC(C)(C)C)C(C)(C)C)C3)cc(-c3ccccc3)nc2c1.NS(=O)(=O)C1(C2=CCCCC2)CC1. The molecule has 8 aliphatic rings. The number of carboxylic acids is 1. The molecule has 0 radical (unpaired) electrons. The summed E-state index contributed by atoms with van der Waals surface area (Å²) in [5.41, 5.74) is 0.200. The van der Waals surface area contributed by atoms with Crippen LogP contribution >= 0.6 is 0 Å². The van der Waals surface area contributed by atoms with Gasteiger partial charge in [-0.15, -0.1) is 0 Å². The molecule has 121 heavy (non-hydrogen) atoms. The Labute approximate surface area is 708 Å². The molecule has 4 heterocycles. The number of likely N-dealkylation sites (tertiary alicyclic amines) is 2. The minimum atomic E-state index is -4.08. The highest BCUT2D eigenvalue weighted by atomic mass is 32.2. The molecule has 31 heteroatoms. The largest absolute Gasteiger partial charge is 0.497 e. The Hall–Kier alpha value is -10.4. The molecule has 8 N–H and O–H groups in total. The standard InChI is InChI=1S/C45H57N5O9S.C36H44N4O8.C9H15NO2S/c1-42(2,3)37(47-41(54)59-43(4,5)6)39(52)50-27-31(58-36-26-33(28-14-10-8-11-15-28)46-34-24-30(57-7)18-19-32(34)36)25-35(50)38(51)48-44(20-21-44)40(53)49-60(55,56)45(22-23-45)29-16-12-9-13-17-29;1-34(2,3)29(38-33(45)48-35(4,5)6)31(42)40-20-23(18-27(40)30(41)39-36(15-16-36)32(43)44)47-28-19-25(21-11-9-8-10-12-21)37-26-17-22(46-7)13-14-24(26)28;10-13(11,12)9(6-7-9)8-4-2-1-3-5-8/h8,10-11,14-16,18-19,24,26,31,35,37H,9,12-13,17,20-23,25,27H2,1-7H3,(H,47,54)(H,48,51)(H,49,53);8-14,17,19,23,27,29H,15-16,18,20H2,1-7H3,(H,38,45)(H,39,41)(H,43,44);4H,1-3,5-7H2,(H2,10,11,12)/t31-,35+,37-;23-,27+,29-;/m11./s1. The molecule has 2 saturated heterocycles. The summed E-state index contributed by atoms with van der Waals surface area (Å²) in [6.45, 7) is 21.1. The zero-order chi connectivity index (χ0) is 87.8. The normalized spacial score (nSPS) is 21.0. The molecule has 6 aliphatic carbocycles. The zero-order valence-electron chi connectivity index (χ0n) is 71.6. The summed E-state index contributed by atoms with van der Waals surface area (Å²) in [7, 11) is -4.29. The summed E-state index contributed by atoms with van der Waals surface area (Å²) in [5.74, 6) is -1.96. The molecule has 6 aromatic rings. The molecule has 0 unspecified atom stereocenters. The molecule has 0 spiro atoms. The van der Waals surface area contributed by atoms with E-state index in [0.29, 0.717) is 88.3 Å². The topological polar surface area (TPSA) is 399 Å². The molecule has 7 amide bonds. The number of nitrogens with one attached hydrogen (secondary N) is 5. The molecule has 6 atom stereocenters. The van der Waals surface area contributed by atoms with Crippen molar-refractivity contribution < 1.29 is 88.7 Å². The third-order valence-corrected chi connectivity index (χ3v) is 27.4. The molecule has 4 saturated carbocycles. The van der Waals surface area contributed by atoms with Crippen LogP contribution in [0.1, 0.15) is 199 Å². The maximum atomic E-state index is 14.7. The Morgan fingerprint density at radius 1 is 0.512 bits per heavy atom. The average Bonchev–Trinajstić information content (AvgIpc) is 1.57. The smallest absolute Gasteiger partial charge is 0.408 e. The quantitative estimate of drug-likeness (QED) is 0.0293. The number of carboxylic acid groups (broad SMARTS) is 1. The molecule has 29 nitrogen and oxygen atoms in total. The molecule has 6 fully saturated rings. The number of aromatic nitrogens is 2. The van der Waals surface area contributed by atoms with E-state index in [2.05, 4.69) is 32.1 Å². The minimum Gasteiger partial charge on any atom is -0.497 e. The first kappa shape index (κ1) is 89.8. The number of hydrogen-bond donors (Lipinski definition) is 7. The third-order valence-electron chi connectivity index (χ3n) is 23.4. The molecule has 0 bridgehead atoms. The number of rotatable bonds is 23. The number of sulfonamides is 2. The number of carbonyl (C=O) groups excluding carboxylic acids is 7. The van der Waals surface area contributed by atoms with Crippen molar-refractivity contribution >= 4 is 89.5 Å². The van der Waals surface area contributed by atoms with E-state index in [1.165, 1.54) is 16.2 Å². The van der Waals surface area contributed by atoms with Crippen LogP contribution in [0.25, 0.3) is 44.3 Å². The first-order valence-corrected chi connectivity index (χ1v) is 44.7. The van der Waals surface area contributed by atoms with Gasteiger partial charge in [0.2, 0.25) is 43.7 Å². The van der Waals surface area contributed by atoms with Gasteiger partial charge in [0.15, 0.2) is 0 Å². The van der Waals surface area contributed by atoms with Crippen LogP contribution in [0.15, 0.2) is 132 Å². The number of primary sulfonamides is 1. The van der Waals surface area contributed by atoms with E-state index in [1.54, 1.807) is 109 Å². The van der Waals surface area contributed by atoms with E-state index >= 15 is 0 Å². The van der Waals surface area contributed by atoms with E-state index in [4.69, 9.17) is 43.5 Å². The van der Waals surface area contributed by atoms with Gasteiger partial charge in [0, 0.05) is 59.0 Å². The maximum absolute atomic E-state index is 14.7. The number of carbonyl (C=O) groups is 8. The summed E-state index contributed by atoms with van der Waals surface area (Å²) >= 11 is 0. The number of alkyl carbamates (subject to hydrolysis) is 2. The van der Waals surface area contributed by atoms with Crippen molar-refractivity contribution in [1.29, 1.82) is 0 Å². The van der Waals surface area contributed by atoms with E-state index < -0.39 is 147 Å². The van der Waals surface area contributed by atoms with Gasteiger partial charge in [-0.25, -0.2) is 46.3 Å². The number of aliphatic carboxylic acids is 1. The zero-order valence-corrected chi connectivity index (χ0v) is 73.3. The van der Waals surface area contributed by atoms with Crippen molar-refractivity contribution in [3.05, 3.63) is 132 Å². The van der Waals surface area contributed by atoms with Gasteiger partial charge in [-0.2, -0.15) is 0 Å². The highest BCUT2D eigenvalue weighted by molar-refractivity contribution is 7.92. The second kappa shape index (κ2) is 34.8. The van der Waals surface area contributed by atoms with Crippen LogP contribution in [0.2, 0.25) is 0 Å². The Bertz CT molecular complexity index is 5250. The van der Waals surface area contributed by atoms with Crippen molar-refractivity contribution in [2.75, 3.05) is 27.3 Å². The summed E-state index contributed by atoms with van der Waals surface area (Å²) in [6.07, 6.45) is 12.4. The van der Waals surface area contributed by atoms with Gasteiger partial charge in [-0.1, -0.05) is 126 Å². The Kier molecular flexibility index (Phi) is 25.9. The molecule has 2 aliphatic heterocycles. The van der Waals surface area contributed by atoms with E-state index in [1.807, 2.05) is 103 Å². The fraction of sp³-hybridized carbons (Fsp3) is 0.533. The summed E-state index contributed by atoms with van der Waals surface area (Å²) in [6, 6.07) is 29.4. The predicted molar refractivity (Wildman–Crippen MR) is 457 cm³/mol. The number of benzene rings is 4. The van der Waals surface area contributed by atoms with Gasteiger partial charge < -0.3 is 64.6 Å². The molecule has 2 aromatic heterocycles. The van der Waals surface area contributed by atoms with E-state index in [0.717, 1.165) is 73.6 Å². The summed E-state index contributed by atoms with van der Waals surface area (Å²) in [4.78, 5) is 122. The van der Waals surface area contributed by atoms with Crippen molar-refractivity contribution in [2.45, 2.75) is 267 Å². The number of pyridine rings is 2. The lowest BCUT2D eigenvalue weighted by Crippen LogP contribution is -2.60. The van der Waals surface area contributed by atoms with Gasteiger partial charge in [-0.05, 0) is 179 Å². The number of amides is 7. The molecular formula is C90H116N10O19S2. The van der Waals surface area contributed by atoms with Crippen LogP contribution in [-0.4, -0.2) is 185 Å². The van der Waals surface area contributed by atoms with Gasteiger partial charge in [-0.3, -0.25) is 28.7 Å². The number of ether oxygens (including phenoxy) is 6. The number of methoxy groups -OCH3 is 2. The van der Waals surface area contributed by atoms with Crippen molar-refractivity contribution in [3.63, 3.8) is 0 Å². The fourth-order valence-electron chi connectivity index (χ4n) is 16.2. The Morgan fingerprint density at radius 3 is 1.23 bits per heavy atom. The van der Waals surface area contributed by atoms with Crippen molar-refractivity contribution in [3.8, 4) is 45.5 Å². The van der Waals surface area contributed by atoms with Gasteiger partial charge in [0.1, 0.15) is 91.1 Å². The monoisotopic (exact) mass is 1700 g/mol. The number of fused-ring (bicyclic) bond motifs is 2. The van der Waals surface area contributed by atoms with Crippen LogP contribution in [0, 0.1) is 10.8 Å². The Morgan fingerprint density at radius 2 is 0.901 bits per heavy atom. The van der Waals surface area contributed by atoms with Crippen LogP contribution in [0.3, 0.4) is 0 Å². The maximum Gasteiger partial charge on any atom is 0.408 e. The molecule has 4 aromatic carbocycles. The van der Waals surface area contributed by atoms with Crippen LogP contribution < -0.4 is 50.1 Å². The second-order valence-corrected chi connectivity index (χ2v) is 41.1. The average molecular weight is 1710 g/mol. The second-order valence-electron chi connectivity index (χ2n) is 37.2. The lowest BCUT2D eigenvalue weighted by atomic mass is 9.85. The van der Waals surface area contributed by atoms with Crippen LogP contribution in [-0.2, 0) is 58.3 Å². The first-order valence-electron chi connectivity index (χ1n) is 41.7. The molecular weight excluding hydrogens is 1590 g/mol. The number of nitrogens with two attached hydrogens (primary N) is 1. The van der Waals surface area contributed by atoms with Crippen molar-refractivity contribution in [2.24, 2.45) is 16.0 Å². The van der Waals surface area contributed by atoms with Gasteiger partial charge in [0.05, 0.1) is 49.7 Å². The third kappa shape index (κ3) is 20.9. The lowest BCUT2D eigenvalue weighted by Gasteiger charge is -2.36. The first-order chi connectivity index (χ1) is 56.8. The van der Waals surface area contributed by atoms with Gasteiger partial charge in [0.25, 0.3) is 5.91 Å². The minimum absolute atomic E-state index is 0.0141. The van der Waals surface area contributed by atoms with Crippen LogP contribution in [0.4, 0.5) is 9.59 Å². The molecule has 14 rings (SSSR count). The van der Waals surface area contributed by atoms with Gasteiger partial charge >= 0.3 is 18.2 Å². The number of nitrogens with zero attached hydrogens (tertiary/aromatic N) is 4. The van der Waals surface area contributed by atoms with E-state index in [-0.39, 0.29) is 38.8 Å². The summed E-state index contributed by atoms with van der Waals surface area (Å²) < 4.78 is 86.1. The number of allylic oxidation sites excluding steroid dienone is 2. The van der Waals surface area contributed by atoms with Crippen molar-refractivity contribution in [1.82, 2.24) is 45.8 Å². The predicted octanol–water partition coefficient (Wildman–Crippen LogP) is 12.6. The fourth-order valence-corrected chi connectivity index (χ4v) is 19.2. The van der Waals surface area contributed by atoms with E-state index in [9.17, 15) is 60.3 Å². The summed E-state index contributed by atoms with van der Waals surface area (Å²) in [5, 5.41) is 27.4. The highest BCUT2D eigenvalue weighted by Gasteiger charge is 2.62. The Balaban J connectivity index is 0.000000195. The van der Waals surface area contributed by atoms with Crippen LogP contribution in [0.5, 0.6) is 23.0 Å².